The van der Waals surface area contributed by atoms with Gasteiger partial charge in [0.05, 0.1) is 17.6 Å². The van der Waals surface area contributed by atoms with E-state index in [0.29, 0.717) is 11.3 Å². The third-order valence-corrected chi connectivity index (χ3v) is 4.24. The maximum Gasteiger partial charge on any atom is 0.338 e. The minimum atomic E-state index is -0.801. The van der Waals surface area contributed by atoms with Crippen LogP contribution in [0.15, 0.2) is 54.9 Å². The Morgan fingerprint density at radius 1 is 1.07 bits per heavy atom. The lowest BCUT2D eigenvalue weighted by Crippen LogP contribution is -2.14. The highest BCUT2D eigenvalue weighted by Gasteiger charge is 2.19. The SMILES string of the molecule is COC(=O)c1cc(C(=O)Nc2ccc(C(=O)c3nccn3C)cc2)cc([N+](=O)[O-])c1. The van der Waals surface area contributed by atoms with Crippen LogP contribution in [-0.2, 0) is 11.8 Å². The fourth-order valence-electron chi connectivity index (χ4n) is 2.71. The molecule has 10 heteroatoms. The molecule has 0 fully saturated rings. The zero-order valence-corrected chi connectivity index (χ0v) is 16.0. The van der Waals surface area contributed by atoms with E-state index in [-0.39, 0.29) is 22.7 Å². The Bertz CT molecular complexity index is 1150. The summed E-state index contributed by atoms with van der Waals surface area (Å²) >= 11 is 0. The summed E-state index contributed by atoms with van der Waals surface area (Å²) in [5.74, 6) is -1.46. The second-order valence-electron chi connectivity index (χ2n) is 6.24. The number of methoxy groups -OCH3 is 1. The number of imidazole rings is 1. The van der Waals surface area contributed by atoms with Gasteiger partial charge in [0.1, 0.15) is 0 Å². The summed E-state index contributed by atoms with van der Waals surface area (Å²) in [6, 6.07) is 9.38. The Labute approximate surface area is 170 Å². The quantitative estimate of drug-likeness (QED) is 0.287. The van der Waals surface area contributed by atoms with Crippen molar-refractivity contribution in [3.05, 3.63) is 87.5 Å². The largest absolute Gasteiger partial charge is 0.465 e. The average molecular weight is 408 g/mol. The second-order valence-corrected chi connectivity index (χ2v) is 6.24. The van der Waals surface area contributed by atoms with Crippen LogP contribution >= 0.6 is 0 Å². The van der Waals surface area contributed by atoms with Gasteiger partial charge in [-0.25, -0.2) is 9.78 Å². The molecule has 0 bridgehead atoms. The van der Waals surface area contributed by atoms with Gasteiger partial charge in [0.2, 0.25) is 5.78 Å². The number of nitro benzene ring substituents is 1. The number of anilines is 1. The first kappa shape index (κ1) is 20.4. The zero-order chi connectivity index (χ0) is 21.8. The Morgan fingerprint density at radius 3 is 2.30 bits per heavy atom. The summed E-state index contributed by atoms with van der Waals surface area (Å²) in [6.45, 7) is 0. The predicted molar refractivity (Wildman–Crippen MR) is 105 cm³/mol. The number of nitrogens with one attached hydrogen (secondary N) is 1. The first-order chi connectivity index (χ1) is 14.3. The van der Waals surface area contributed by atoms with E-state index in [2.05, 4.69) is 15.0 Å². The molecule has 0 aliphatic heterocycles. The Morgan fingerprint density at radius 2 is 1.73 bits per heavy atom. The number of hydrogen-bond acceptors (Lipinski definition) is 7. The van der Waals surface area contributed by atoms with Gasteiger partial charge in [0, 0.05) is 48.4 Å². The third kappa shape index (κ3) is 4.22. The Hall–Kier alpha value is -4.34. The van der Waals surface area contributed by atoms with Gasteiger partial charge in [-0.05, 0) is 30.3 Å². The molecule has 2 aromatic carbocycles. The van der Waals surface area contributed by atoms with E-state index in [4.69, 9.17) is 0 Å². The number of nitrogens with zero attached hydrogens (tertiary/aromatic N) is 3. The molecule has 0 saturated heterocycles. The fraction of sp³-hybridized carbons (Fsp3) is 0.100. The number of aryl methyl sites for hydroxylation is 1. The van der Waals surface area contributed by atoms with Crippen LogP contribution in [-0.4, -0.2) is 39.2 Å². The van der Waals surface area contributed by atoms with Crippen molar-refractivity contribution in [1.82, 2.24) is 9.55 Å². The predicted octanol–water partition coefficient (Wildman–Crippen LogP) is 2.60. The number of aromatic nitrogens is 2. The van der Waals surface area contributed by atoms with Gasteiger partial charge in [-0.15, -0.1) is 0 Å². The van der Waals surface area contributed by atoms with Gasteiger partial charge in [-0.3, -0.25) is 19.7 Å². The topological polar surface area (TPSA) is 133 Å². The first-order valence-corrected chi connectivity index (χ1v) is 8.61. The van der Waals surface area contributed by atoms with Crippen molar-refractivity contribution in [1.29, 1.82) is 0 Å². The van der Waals surface area contributed by atoms with Crippen molar-refractivity contribution < 1.29 is 24.0 Å². The number of carbonyl (C=O) groups excluding carboxylic acids is 3. The highest BCUT2D eigenvalue weighted by molar-refractivity contribution is 6.08. The molecule has 30 heavy (non-hydrogen) atoms. The molecule has 3 aromatic rings. The van der Waals surface area contributed by atoms with Crippen LogP contribution < -0.4 is 5.32 Å². The molecule has 0 radical (unpaired) electrons. The van der Waals surface area contributed by atoms with Crippen LogP contribution in [0.25, 0.3) is 0 Å². The van der Waals surface area contributed by atoms with Crippen molar-refractivity contribution >= 4 is 29.0 Å². The molecule has 0 aliphatic rings. The number of ketones is 1. The van der Waals surface area contributed by atoms with Crippen LogP contribution in [0, 0.1) is 10.1 Å². The van der Waals surface area contributed by atoms with Gasteiger partial charge in [0.25, 0.3) is 11.6 Å². The lowest BCUT2D eigenvalue weighted by Gasteiger charge is -2.08. The molecule has 3 rings (SSSR count). The molecule has 0 atom stereocenters. The summed E-state index contributed by atoms with van der Waals surface area (Å²) in [4.78, 5) is 51.1. The number of nitro groups is 1. The van der Waals surface area contributed by atoms with E-state index < -0.39 is 22.5 Å². The minimum Gasteiger partial charge on any atom is -0.465 e. The summed E-state index contributed by atoms with van der Waals surface area (Å²) in [6.07, 6.45) is 3.17. The summed E-state index contributed by atoms with van der Waals surface area (Å²) in [5.41, 5.74) is 0.123. The first-order valence-electron chi connectivity index (χ1n) is 8.61. The Balaban J connectivity index is 1.81. The fourth-order valence-corrected chi connectivity index (χ4v) is 2.71. The van der Waals surface area contributed by atoms with Gasteiger partial charge in [-0.2, -0.15) is 0 Å². The number of carbonyl (C=O) groups is 3. The van der Waals surface area contributed by atoms with Crippen molar-refractivity contribution in [3.63, 3.8) is 0 Å². The standard InChI is InChI=1S/C20H16N4O6/c1-23-8-7-21-18(23)17(25)12-3-5-15(6-4-12)22-19(26)13-9-14(20(27)30-2)11-16(10-13)24(28)29/h3-11H,1-2H3,(H,22,26). The minimum absolute atomic E-state index is 0.0854. The summed E-state index contributed by atoms with van der Waals surface area (Å²) in [7, 11) is 2.84. The number of ether oxygens (including phenoxy) is 1. The average Bonchev–Trinajstić information content (AvgIpc) is 3.18. The van der Waals surface area contributed by atoms with Gasteiger partial charge in [-0.1, -0.05) is 0 Å². The van der Waals surface area contributed by atoms with E-state index in [0.717, 1.165) is 19.2 Å². The van der Waals surface area contributed by atoms with Crippen LogP contribution in [0.3, 0.4) is 0 Å². The van der Waals surface area contributed by atoms with Gasteiger partial charge >= 0.3 is 5.97 Å². The van der Waals surface area contributed by atoms with Crippen LogP contribution in [0.2, 0.25) is 0 Å². The highest BCUT2D eigenvalue weighted by atomic mass is 16.6. The molecule has 1 amide bonds. The van der Waals surface area contributed by atoms with Crippen molar-refractivity contribution in [3.8, 4) is 0 Å². The maximum absolute atomic E-state index is 12.5. The van der Waals surface area contributed by atoms with Crippen molar-refractivity contribution in [2.45, 2.75) is 0 Å². The molecule has 1 aromatic heterocycles. The number of non-ortho nitro benzene ring substituents is 1. The lowest BCUT2D eigenvalue weighted by molar-refractivity contribution is -0.384. The number of hydrogen-bond donors (Lipinski definition) is 1. The summed E-state index contributed by atoms with van der Waals surface area (Å²) in [5, 5.41) is 13.7. The third-order valence-electron chi connectivity index (χ3n) is 4.24. The normalized spacial score (nSPS) is 10.3. The van der Waals surface area contributed by atoms with Crippen LogP contribution in [0.5, 0.6) is 0 Å². The lowest BCUT2D eigenvalue weighted by atomic mass is 10.1. The van der Waals surface area contributed by atoms with Crippen molar-refractivity contribution in [2.75, 3.05) is 12.4 Å². The molecule has 1 N–H and O–H groups in total. The van der Waals surface area contributed by atoms with E-state index in [1.54, 1.807) is 17.8 Å². The summed E-state index contributed by atoms with van der Waals surface area (Å²) < 4.78 is 6.16. The van der Waals surface area contributed by atoms with E-state index in [9.17, 15) is 24.5 Å². The molecule has 0 aliphatic carbocycles. The number of rotatable bonds is 6. The van der Waals surface area contributed by atoms with E-state index in [1.165, 1.54) is 36.5 Å². The zero-order valence-electron chi connectivity index (χ0n) is 16.0. The highest BCUT2D eigenvalue weighted by Crippen LogP contribution is 2.20. The molecule has 0 unspecified atom stereocenters. The molecule has 0 saturated carbocycles. The van der Waals surface area contributed by atoms with Gasteiger partial charge in [0.15, 0.2) is 5.82 Å². The molecule has 152 valence electrons. The van der Waals surface area contributed by atoms with E-state index >= 15 is 0 Å². The van der Waals surface area contributed by atoms with Crippen LogP contribution in [0.4, 0.5) is 11.4 Å². The van der Waals surface area contributed by atoms with Gasteiger partial charge < -0.3 is 14.6 Å². The molecular formula is C20H16N4O6. The Kier molecular flexibility index (Phi) is 5.68. The molecule has 1 heterocycles. The number of amides is 1. The van der Waals surface area contributed by atoms with Crippen molar-refractivity contribution in [2.24, 2.45) is 7.05 Å². The monoisotopic (exact) mass is 408 g/mol. The second kappa shape index (κ2) is 8.35. The number of esters is 1. The van der Waals surface area contributed by atoms with Crippen LogP contribution in [0.1, 0.15) is 36.9 Å². The molecule has 0 spiro atoms. The molecule has 10 nitrogen and oxygen atoms in total. The number of benzene rings is 2. The maximum atomic E-state index is 12.5. The smallest absolute Gasteiger partial charge is 0.338 e. The van der Waals surface area contributed by atoms with E-state index in [1.807, 2.05) is 0 Å². The molecular weight excluding hydrogens is 392 g/mol.